The molecule has 2 atom stereocenters. The molecule has 0 aliphatic carbocycles. The highest BCUT2D eigenvalue weighted by Crippen LogP contribution is 2.28. The fraction of sp³-hybridized carbons (Fsp3) is 0.786. The molecule has 2 aliphatic rings. The molecule has 2 aliphatic heterocycles. The molecule has 18 heavy (non-hydrogen) atoms. The smallest absolute Gasteiger partial charge is 0.0931 e. The van der Waals surface area contributed by atoms with Crippen LogP contribution in [-0.4, -0.2) is 43.1 Å². The molecule has 0 bridgehead atoms. The number of rotatable bonds is 3. The van der Waals surface area contributed by atoms with Crippen molar-refractivity contribution in [3.63, 3.8) is 0 Å². The zero-order valence-electron chi connectivity index (χ0n) is 11.2. The Hall–Kier alpha value is -0.450. The van der Waals surface area contributed by atoms with Crippen LogP contribution in [0.4, 0.5) is 0 Å². The first kappa shape index (κ1) is 12.6. The van der Waals surface area contributed by atoms with Crippen LogP contribution in [0.3, 0.4) is 0 Å². The van der Waals surface area contributed by atoms with Gasteiger partial charge in [0.1, 0.15) is 0 Å². The van der Waals surface area contributed by atoms with Crippen LogP contribution >= 0.6 is 11.3 Å². The van der Waals surface area contributed by atoms with Gasteiger partial charge in [-0.05, 0) is 51.9 Å². The van der Waals surface area contributed by atoms with Gasteiger partial charge in [-0.15, -0.1) is 11.3 Å². The highest BCUT2D eigenvalue weighted by atomic mass is 32.1. The summed E-state index contributed by atoms with van der Waals surface area (Å²) in [6.45, 7) is 4.80. The molecule has 3 rings (SSSR count). The Labute approximate surface area is 114 Å². The lowest BCUT2D eigenvalue weighted by Gasteiger charge is -2.21. The van der Waals surface area contributed by atoms with Crippen molar-refractivity contribution in [2.45, 2.75) is 31.6 Å². The van der Waals surface area contributed by atoms with E-state index in [1.54, 1.807) is 0 Å². The van der Waals surface area contributed by atoms with Gasteiger partial charge in [-0.3, -0.25) is 0 Å². The van der Waals surface area contributed by atoms with Crippen molar-refractivity contribution in [2.24, 2.45) is 5.92 Å². The summed E-state index contributed by atoms with van der Waals surface area (Å²) in [5, 5.41) is 7.15. The Morgan fingerprint density at radius 2 is 2.44 bits per heavy atom. The quantitative estimate of drug-likeness (QED) is 0.907. The van der Waals surface area contributed by atoms with E-state index in [9.17, 15) is 0 Å². The normalized spacial score (nSPS) is 29.8. The van der Waals surface area contributed by atoms with E-state index >= 15 is 0 Å². The Morgan fingerprint density at radius 3 is 3.17 bits per heavy atom. The number of nitrogens with zero attached hydrogens (tertiary/aromatic N) is 2. The molecule has 2 saturated heterocycles. The van der Waals surface area contributed by atoms with Gasteiger partial charge in [-0.25, -0.2) is 4.98 Å². The molecule has 2 unspecified atom stereocenters. The number of aromatic nitrogens is 1. The van der Waals surface area contributed by atoms with E-state index in [-0.39, 0.29) is 0 Å². The largest absolute Gasteiger partial charge is 0.316 e. The van der Waals surface area contributed by atoms with Crippen LogP contribution in [-0.2, 0) is 6.42 Å². The van der Waals surface area contributed by atoms with Crippen LogP contribution in [0.25, 0.3) is 0 Å². The molecule has 1 aromatic rings. The molecule has 0 saturated carbocycles. The summed E-state index contributed by atoms with van der Waals surface area (Å²) in [5.41, 5.74) is 1.35. The molecule has 3 heterocycles. The predicted octanol–water partition coefficient (Wildman–Crippen LogP) is 2.10. The number of likely N-dealkylation sites (tertiary alicyclic amines) is 1. The molecule has 1 N–H and O–H groups in total. The van der Waals surface area contributed by atoms with Crippen molar-refractivity contribution in [3.8, 4) is 0 Å². The molecule has 3 nitrogen and oxygen atoms in total. The van der Waals surface area contributed by atoms with Crippen molar-refractivity contribution in [2.75, 3.05) is 33.2 Å². The number of likely N-dealkylation sites (N-methyl/N-ethyl adjacent to an activating group) is 1. The van der Waals surface area contributed by atoms with Gasteiger partial charge in [0, 0.05) is 24.3 Å². The molecule has 100 valence electrons. The van der Waals surface area contributed by atoms with E-state index in [0.29, 0.717) is 5.92 Å². The van der Waals surface area contributed by atoms with Crippen LogP contribution in [0.1, 0.15) is 35.9 Å². The van der Waals surface area contributed by atoms with Crippen LogP contribution < -0.4 is 5.32 Å². The molecule has 2 fully saturated rings. The zero-order chi connectivity index (χ0) is 12.4. The SMILES string of the molecule is CN1CCC(c2csc(CC3CCCNC3)n2)C1. The molecule has 0 radical (unpaired) electrons. The molecular weight excluding hydrogens is 242 g/mol. The van der Waals surface area contributed by atoms with Crippen molar-refractivity contribution < 1.29 is 0 Å². The highest BCUT2D eigenvalue weighted by molar-refractivity contribution is 7.09. The third kappa shape index (κ3) is 2.92. The van der Waals surface area contributed by atoms with Gasteiger partial charge in [0.15, 0.2) is 0 Å². The first-order chi connectivity index (χ1) is 8.81. The lowest BCUT2D eigenvalue weighted by molar-refractivity contribution is 0.375. The van der Waals surface area contributed by atoms with Crippen molar-refractivity contribution in [1.29, 1.82) is 0 Å². The van der Waals surface area contributed by atoms with E-state index in [0.717, 1.165) is 5.92 Å². The first-order valence-corrected chi connectivity index (χ1v) is 8.03. The summed E-state index contributed by atoms with van der Waals surface area (Å²) in [4.78, 5) is 7.30. The van der Waals surface area contributed by atoms with Crippen LogP contribution in [0.15, 0.2) is 5.38 Å². The summed E-state index contributed by atoms with van der Waals surface area (Å²) in [6, 6.07) is 0. The number of thiazole rings is 1. The third-order valence-electron chi connectivity index (χ3n) is 4.24. The maximum atomic E-state index is 4.88. The van der Waals surface area contributed by atoms with Crippen molar-refractivity contribution in [3.05, 3.63) is 16.1 Å². The van der Waals surface area contributed by atoms with Crippen LogP contribution in [0.5, 0.6) is 0 Å². The van der Waals surface area contributed by atoms with Gasteiger partial charge in [0.05, 0.1) is 10.7 Å². The first-order valence-electron chi connectivity index (χ1n) is 7.15. The van der Waals surface area contributed by atoms with Crippen LogP contribution in [0.2, 0.25) is 0 Å². The average Bonchev–Trinajstić information content (AvgIpc) is 2.99. The maximum Gasteiger partial charge on any atom is 0.0931 e. The summed E-state index contributed by atoms with van der Waals surface area (Å²) < 4.78 is 0. The molecule has 0 aromatic carbocycles. The number of piperidine rings is 1. The lowest BCUT2D eigenvalue weighted by Crippen LogP contribution is -2.30. The van der Waals surface area contributed by atoms with E-state index in [1.165, 1.54) is 62.6 Å². The Kier molecular flexibility index (Phi) is 3.97. The lowest BCUT2D eigenvalue weighted by atomic mass is 9.96. The van der Waals surface area contributed by atoms with Crippen LogP contribution in [0, 0.1) is 5.92 Å². The van der Waals surface area contributed by atoms with Gasteiger partial charge in [0.25, 0.3) is 0 Å². The summed E-state index contributed by atoms with van der Waals surface area (Å²) in [6.07, 6.45) is 5.16. The number of nitrogens with one attached hydrogen (secondary N) is 1. The predicted molar refractivity (Wildman–Crippen MR) is 76.3 cm³/mol. The minimum atomic E-state index is 0.685. The minimum absolute atomic E-state index is 0.685. The molecular formula is C14H23N3S. The number of hydrogen-bond donors (Lipinski definition) is 1. The van der Waals surface area contributed by atoms with Crippen molar-refractivity contribution >= 4 is 11.3 Å². The molecule has 1 aromatic heterocycles. The van der Waals surface area contributed by atoms with Gasteiger partial charge in [-0.2, -0.15) is 0 Å². The summed E-state index contributed by atoms with van der Waals surface area (Å²) in [5.74, 6) is 1.49. The standard InChI is InChI=1S/C14H23N3S/c1-17-6-4-12(9-17)13-10-18-14(16-13)7-11-3-2-5-15-8-11/h10-12,15H,2-9H2,1H3. The van der Waals surface area contributed by atoms with Gasteiger partial charge >= 0.3 is 0 Å². The maximum absolute atomic E-state index is 4.88. The Morgan fingerprint density at radius 1 is 1.50 bits per heavy atom. The monoisotopic (exact) mass is 265 g/mol. The Bertz CT molecular complexity index is 384. The topological polar surface area (TPSA) is 28.2 Å². The second-order valence-electron chi connectivity index (χ2n) is 5.83. The second kappa shape index (κ2) is 5.68. The third-order valence-corrected chi connectivity index (χ3v) is 5.13. The van der Waals surface area contributed by atoms with E-state index in [2.05, 4.69) is 22.6 Å². The van der Waals surface area contributed by atoms with E-state index in [1.807, 2.05) is 11.3 Å². The van der Waals surface area contributed by atoms with Crippen molar-refractivity contribution in [1.82, 2.24) is 15.2 Å². The fourth-order valence-corrected chi connectivity index (χ4v) is 4.12. The number of hydrogen-bond acceptors (Lipinski definition) is 4. The van der Waals surface area contributed by atoms with E-state index < -0.39 is 0 Å². The highest BCUT2D eigenvalue weighted by Gasteiger charge is 2.24. The molecule has 0 amide bonds. The zero-order valence-corrected chi connectivity index (χ0v) is 12.0. The van der Waals surface area contributed by atoms with Gasteiger partial charge in [-0.1, -0.05) is 0 Å². The second-order valence-corrected chi connectivity index (χ2v) is 6.77. The summed E-state index contributed by atoms with van der Waals surface area (Å²) >= 11 is 1.87. The van der Waals surface area contributed by atoms with Gasteiger partial charge < -0.3 is 10.2 Å². The fourth-order valence-electron chi connectivity index (χ4n) is 3.13. The van der Waals surface area contributed by atoms with E-state index in [4.69, 9.17) is 4.98 Å². The Balaban J connectivity index is 1.59. The summed E-state index contributed by atoms with van der Waals surface area (Å²) in [7, 11) is 2.21. The molecule has 4 heteroatoms. The minimum Gasteiger partial charge on any atom is -0.316 e. The van der Waals surface area contributed by atoms with Gasteiger partial charge in [0.2, 0.25) is 0 Å². The molecule has 0 spiro atoms. The average molecular weight is 265 g/mol.